The SMILES string of the molecule is Cc1cn([C@H]2C[C@H](N=[N+]=[N-])[C@@H](C(O)OC3[C@H](O)[C@@H](CO)O[C@@]3([C@@H]3O[C@H](C(=O)O)[C@@H](O)[C@H](O)[C@H]3O)n3cc(C)c(=O)[nH]c3=O)O2)c(=O)[nH]c1=O. The molecule has 5 rings (SSSR count). The second kappa shape index (κ2) is 13.6. The van der Waals surface area contributed by atoms with Gasteiger partial charge in [0.1, 0.15) is 55.1 Å². The Bertz CT molecular complexity index is 1870. The topological polar surface area (TPSA) is 354 Å². The van der Waals surface area contributed by atoms with Gasteiger partial charge in [-0.2, -0.15) is 0 Å². The second-order valence-electron chi connectivity index (χ2n) is 11.8. The zero-order chi connectivity index (χ0) is 36.1. The quantitative estimate of drug-likeness (QED) is 0.0511. The number of carboxylic acids is 1. The fraction of sp³-hybridized carbons (Fsp3) is 0.654. The highest BCUT2D eigenvalue weighted by Gasteiger charge is 2.67. The van der Waals surface area contributed by atoms with Gasteiger partial charge in [0.25, 0.3) is 11.1 Å². The van der Waals surface area contributed by atoms with Crippen LogP contribution in [0.15, 0.2) is 36.7 Å². The Hall–Kier alpha value is -4.26. The molecule has 5 heterocycles. The molecule has 3 aliphatic heterocycles. The summed E-state index contributed by atoms with van der Waals surface area (Å²) >= 11 is 0. The van der Waals surface area contributed by atoms with E-state index in [1.165, 1.54) is 13.8 Å². The molecule has 23 nitrogen and oxygen atoms in total. The first-order chi connectivity index (χ1) is 23.1. The normalized spacial score (nSPS) is 36.7. The highest BCUT2D eigenvalue weighted by atomic mass is 16.7. The molecule has 3 aliphatic rings. The number of aromatic nitrogens is 4. The Labute approximate surface area is 271 Å². The van der Waals surface area contributed by atoms with Crippen molar-refractivity contribution in [3.05, 3.63) is 75.6 Å². The molecule has 0 aromatic carbocycles. The van der Waals surface area contributed by atoms with Crippen molar-refractivity contribution in [2.24, 2.45) is 5.11 Å². The molecule has 3 saturated heterocycles. The number of H-pyrrole nitrogens is 2. The van der Waals surface area contributed by atoms with E-state index < -0.39 is 114 Å². The second-order valence-corrected chi connectivity index (χ2v) is 11.8. The first-order valence-corrected chi connectivity index (χ1v) is 14.6. The van der Waals surface area contributed by atoms with Crippen LogP contribution in [0.1, 0.15) is 23.8 Å². The first-order valence-electron chi connectivity index (χ1n) is 14.6. The van der Waals surface area contributed by atoms with Gasteiger partial charge >= 0.3 is 17.3 Å². The number of nitrogens with one attached hydrogen (secondary N) is 2. The lowest BCUT2D eigenvalue weighted by atomic mass is 9.85. The number of aromatic amines is 2. The number of ether oxygens (including phenoxy) is 4. The number of hydrogen-bond donors (Lipinski definition) is 9. The van der Waals surface area contributed by atoms with Crippen LogP contribution in [-0.4, -0.2) is 135 Å². The smallest absolute Gasteiger partial charge is 0.335 e. The van der Waals surface area contributed by atoms with E-state index in [1.54, 1.807) is 0 Å². The van der Waals surface area contributed by atoms with E-state index in [0.29, 0.717) is 4.57 Å². The number of aliphatic hydroxyl groups excluding tert-OH is 6. The third kappa shape index (κ3) is 6.10. The van der Waals surface area contributed by atoms with Gasteiger partial charge in [-0.15, -0.1) is 0 Å². The number of carboxylic acid groups (broad SMARTS) is 1. The van der Waals surface area contributed by atoms with Crippen LogP contribution >= 0.6 is 0 Å². The molecule has 0 saturated carbocycles. The molecule has 23 heteroatoms. The Balaban J connectivity index is 1.63. The fourth-order valence-electron chi connectivity index (χ4n) is 6.27. The summed E-state index contributed by atoms with van der Waals surface area (Å²) in [6.45, 7) is 1.61. The molecule has 2 unspecified atom stereocenters. The van der Waals surface area contributed by atoms with Gasteiger partial charge in [-0.3, -0.25) is 28.7 Å². The summed E-state index contributed by atoms with van der Waals surface area (Å²) < 4.78 is 24.5. The van der Waals surface area contributed by atoms with Crippen LogP contribution in [0.5, 0.6) is 0 Å². The van der Waals surface area contributed by atoms with E-state index >= 15 is 0 Å². The van der Waals surface area contributed by atoms with E-state index in [0.717, 1.165) is 17.0 Å². The number of azide groups is 1. The monoisotopic (exact) mass is 699 g/mol. The third-order valence-electron chi connectivity index (χ3n) is 8.74. The third-order valence-corrected chi connectivity index (χ3v) is 8.74. The lowest BCUT2D eigenvalue weighted by Crippen LogP contribution is -2.71. The van der Waals surface area contributed by atoms with Crippen LogP contribution in [0, 0.1) is 13.8 Å². The molecule has 9 N–H and O–H groups in total. The van der Waals surface area contributed by atoms with Crippen molar-refractivity contribution < 1.29 is 59.5 Å². The Morgan fingerprint density at radius 1 is 1.04 bits per heavy atom. The van der Waals surface area contributed by atoms with Gasteiger partial charge in [0.05, 0.1) is 12.6 Å². The molecular formula is C26H33N7O16. The Morgan fingerprint density at radius 2 is 1.67 bits per heavy atom. The molecule has 0 spiro atoms. The predicted octanol–water partition coefficient (Wildman–Crippen LogP) is -5.29. The maximum Gasteiger partial charge on any atom is 0.335 e. The number of carbonyl (C=O) groups is 1. The molecule has 13 atom stereocenters. The van der Waals surface area contributed by atoms with Crippen molar-refractivity contribution in [3.63, 3.8) is 0 Å². The zero-order valence-corrected chi connectivity index (χ0v) is 25.5. The van der Waals surface area contributed by atoms with Crippen LogP contribution in [0.4, 0.5) is 0 Å². The largest absolute Gasteiger partial charge is 0.479 e. The molecule has 3 fully saturated rings. The average molecular weight is 700 g/mol. The van der Waals surface area contributed by atoms with Crippen LogP contribution < -0.4 is 22.5 Å². The molecule has 0 aliphatic carbocycles. The molecule has 49 heavy (non-hydrogen) atoms. The summed E-state index contributed by atoms with van der Waals surface area (Å²) in [6.07, 6.45) is -20.9. The van der Waals surface area contributed by atoms with Gasteiger partial charge in [-0.1, -0.05) is 5.11 Å². The summed E-state index contributed by atoms with van der Waals surface area (Å²) in [7, 11) is 0. The predicted molar refractivity (Wildman–Crippen MR) is 155 cm³/mol. The standard InChI is InChI=1S/C26H33N7O16/c1-7-4-32(24(44)28-20(7)39)11-3-9(30-31-27)16(46-11)23(43)48-18-12(35)10(6-34)49-26(18,33-5-8(2)21(40)29-25(33)45)19-15(38)13(36)14(37)17(47-19)22(41)42/h4-5,9-19,23,34-38,43H,3,6H2,1-2H3,(H,41,42)(H,28,39,44)(H,29,40,45)/t9-,10+,11+,12+,13-,14-,15+,16-,17-,18?,19+,23?,26-/m0/s1. The molecule has 0 radical (unpaired) electrons. The van der Waals surface area contributed by atoms with Gasteiger partial charge in [-0.25, -0.2) is 14.4 Å². The van der Waals surface area contributed by atoms with Crippen LogP contribution in [0.2, 0.25) is 0 Å². The lowest BCUT2D eigenvalue weighted by Gasteiger charge is -2.49. The summed E-state index contributed by atoms with van der Waals surface area (Å²) in [5.41, 5.74) is 2.47. The van der Waals surface area contributed by atoms with Crippen molar-refractivity contribution in [1.82, 2.24) is 19.1 Å². The molecule has 2 aromatic heterocycles. The van der Waals surface area contributed by atoms with E-state index in [-0.39, 0.29) is 17.5 Å². The molecule has 268 valence electrons. The van der Waals surface area contributed by atoms with E-state index in [2.05, 4.69) is 15.0 Å². The van der Waals surface area contributed by atoms with E-state index in [4.69, 9.17) is 18.9 Å². The van der Waals surface area contributed by atoms with Crippen LogP contribution in [0.25, 0.3) is 10.4 Å². The van der Waals surface area contributed by atoms with Crippen LogP contribution in [0.3, 0.4) is 0 Å². The highest BCUT2D eigenvalue weighted by molar-refractivity contribution is 5.73. The zero-order valence-electron chi connectivity index (χ0n) is 25.5. The number of nitrogens with zero attached hydrogens (tertiary/aromatic N) is 5. The Kier molecular flexibility index (Phi) is 9.98. The number of rotatable bonds is 9. The number of aliphatic carboxylic acids is 1. The highest BCUT2D eigenvalue weighted by Crippen LogP contribution is 2.46. The maximum absolute atomic E-state index is 13.4. The Morgan fingerprint density at radius 3 is 2.29 bits per heavy atom. The molecular weight excluding hydrogens is 666 g/mol. The van der Waals surface area contributed by atoms with Crippen molar-refractivity contribution in [3.8, 4) is 0 Å². The van der Waals surface area contributed by atoms with E-state index in [1.807, 2.05) is 4.98 Å². The molecule has 0 bridgehead atoms. The van der Waals surface area contributed by atoms with Gasteiger partial charge in [0.2, 0.25) is 5.72 Å². The lowest BCUT2D eigenvalue weighted by molar-refractivity contribution is -0.323. The molecule has 0 amide bonds. The molecule has 2 aromatic rings. The summed E-state index contributed by atoms with van der Waals surface area (Å²) in [5.74, 6) is -1.84. The number of hydrogen-bond acceptors (Lipinski definition) is 16. The van der Waals surface area contributed by atoms with Crippen molar-refractivity contribution in [1.29, 1.82) is 0 Å². The van der Waals surface area contributed by atoms with Crippen LogP contribution in [-0.2, 0) is 29.5 Å². The van der Waals surface area contributed by atoms with Gasteiger partial charge in [0.15, 0.2) is 12.4 Å². The minimum atomic E-state index is -2.85. The van der Waals surface area contributed by atoms with Crippen molar-refractivity contribution in [2.75, 3.05) is 6.61 Å². The van der Waals surface area contributed by atoms with Gasteiger partial charge < -0.3 is 54.7 Å². The number of aryl methyl sites for hydroxylation is 2. The van der Waals surface area contributed by atoms with Crippen molar-refractivity contribution >= 4 is 5.97 Å². The average Bonchev–Trinajstić information content (AvgIpc) is 3.58. The van der Waals surface area contributed by atoms with Gasteiger partial charge in [-0.05, 0) is 19.4 Å². The summed E-state index contributed by atoms with van der Waals surface area (Å²) in [4.78, 5) is 68.9. The summed E-state index contributed by atoms with van der Waals surface area (Å²) in [5, 5.41) is 78.4. The first kappa shape index (κ1) is 36.0. The van der Waals surface area contributed by atoms with Crippen molar-refractivity contribution in [2.45, 2.75) is 99.5 Å². The maximum atomic E-state index is 13.4. The van der Waals surface area contributed by atoms with Gasteiger partial charge in [0, 0.05) is 34.9 Å². The van der Waals surface area contributed by atoms with E-state index in [9.17, 15) is 65.2 Å². The minimum Gasteiger partial charge on any atom is -0.479 e. The summed E-state index contributed by atoms with van der Waals surface area (Å²) in [6, 6.07) is -1.30. The number of aliphatic hydroxyl groups is 6. The minimum absolute atomic E-state index is 0.106. The fourth-order valence-corrected chi connectivity index (χ4v) is 6.27.